The SMILES string of the molecule is COc1ccc(-n2nnc(C(=O)Nc3ccc(C(C)(C)C)cc3)c2C)cc1. The van der Waals surface area contributed by atoms with Crippen LogP contribution in [0.3, 0.4) is 0 Å². The molecule has 6 heteroatoms. The van der Waals surface area contributed by atoms with Gasteiger partial charge in [-0.3, -0.25) is 4.79 Å². The van der Waals surface area contributed by atoms with Crippen LogP contribution < -0.4 is 10.1 Å². The summed E-state index contributed by atoms with van der Waals surface area (Å²) in [5.74, 6) is 0.476. The molecule has 1 amide bonds. The molecule has 0 atom stereocenters. The number of ether oxygens (including phenoxy) is 1. The Balaban J connectivity index is 1.78. The van der Waals surface area contributed by atoms with Gasteiger partial charge in [-0.15, -0.1) is 5.10 Å². The summed E-state index contributed by atoms with van der Waals surface area (Å²) in [6.45, 7) is 8.28. The standard InChI is InChI=1S/C21H24N4O2/c1-14-19(23-24-25(14)17-10-12-18(27-5)13-11-17)20(26)22-16-8-6-15(7-9-16)21(2,3)4/h6-13H,1-5H3,(H,22,26). The minimum atomic E-state index is -0.282. The van der Waals surface area contributed by atoms with E-state index in [0.717, 1.165) is 17.1 Å². The van der Waals surface area contributed by atoms with Gasteiger partial charge in [0.05, 0.1) is 18.5 Å². The van der Waals surface area contributed by atoms with E-state index in [0.29, 0.717) is 11.4 Å². The first kappa shape index (κ1) is 18.6. The van der Waals surface area contributed by atoms with Crippen molar-refractivity contribution in [3.8, 4) is 11.4 Å². The smallest absolute Gasteiger partial charge is 0.278 e. The van der Waals surface area contributed by atoms with E-state index in [4.69, 9.17) is 4.74 Å². The van der Waals surface area contributed by atoms with Gasteiger partial charge in [-0.25, -0.2) is 4.68 Å². The van der Waals surface area contributed by atoms with Crippen molar-refractivity contribution in [2.75, 3.05) is 12.4 Å². The van der Waals surface area contributed by atoms with Crippen molar-refractivity contribution in [1.29, 1.82) is 0 Å². The molecule has 0 aliphatic heterocycles. The first-order chi connectivity index (χ1) is 12.8. The summed E-state index contributed by atoms with van der Waals surface area (Å²) in [5, 5.41) is 11.1. The number of amides is 1. The van der Waals surface area contributed by atoms with Crippen molar-refractivity contribution in [2.45, 2.75) is 33.1 Å². The van der Waals surface area contributed by atoms with Gasteiger partial charge in [0.1, 0.15) is 5.75 Å². The minimum Gasteiger partial charge on any atom is -0.497 e. The summed E-state index contributed by atoms with van der Waals surface area (Å²) in [4.78, 5) is 12.6. The molecule has 6 nitrogen and oxygen atoms in total. The van der Waals surface area contributed by atoms with Gasteiger partial charge in [-0.2, -0.15) is 0 Å². The van der Waals surface area contributed by atoms with Crippen LogP contribution in [0.25, 0.3) is 5.69 Å². The molecule has 0 spiro atoms. The lowest BCUT2D eigenvalue weighted by molar-refractivity contribution is 0.102. The van der Waals surface area contributed by atoms with Crippen LogP contribution in [0.4, 0.5) is 5.69 Å². The number of nitrogens with zero attached hydrogens (tertiary/aromatic N) is 3. The zero-order chi connectivity index (χ0) is 19.6. The summed E-state index contributed by atoms with van der Waals surface area (Å²) in [6, 6.07) is 15.3. The average molecular weight is 364 g/mol. The Morgan fingerprint density at radius 2 is 1.67 bits per heavy atom. The van der Waals surface area contributed by atoms with Gasteiger partial charge in [-0.1, -0.05) is 38.1 Å². The fraction of sp³-hybridized carbons (Fsp3) is 0.286. The van der Waals surface area contributed by atoms with Crippen LogP contribution in [-0.2, 0) is 5.41 Å². The molecule has 1 heterocycles. The largest absolute Gasteiger partial charge is 0.497 e. The van der Waals surface area contributed by atoms with Crippen molar-refractivity contribution in [3.63, 3.8) is 0 Å². The zero-order valence-electron chi connectivity index (χ0n) is 16.3. The number of anilines is 1. The quantitative estimate of drug-likeness (QED) is 0.756. The Kier molecular flexibility index (Phi) is 4.99. The first-order valence-corrected chi connectivity index (χ1v) is 8.78. The molecular formula is C21H24N4O2. The van der Waals surface area contributed by atoms with Gasteiger partial charge in [0.15, 0.2) is 5.69 Å². The van der Waals surface area contributed by atoms with E-state index < -0.39 is 0 Å². The van der Waals surface area contributed by atoms with Gasteiger partial charge in [0.2, 0.25) is 0 Å². The normalized spacial score (nSPS) is 11.3. The van der Waals surface area contributed by atoms with E-state index in [2.05, 4.69) is 36.4 Å². The Bertz CT molecular complexity index is 936. The molecule has 0 radical (unpaired) electrons. The first-order valence-electron chi connectivity index (χ1n) is 8.78. The predicted molar refractivity (Wildman–Crippen MR) is 106 cm³/mol. The van der Waals surface area contributed by atoms with Gasteiger partial charge < -0.3 is 10.1 Å². The molecule has 3 aromatic rings. The maximum Gasteiger partial charge on any atom is 0.278 e. The lowest BCUT2D eigenvalue weighted by Gasteiger charge is -2.19. The fourth-order valence-electron chi connectivity index (χ4n) is 2.75. The minimum absolute atomic E-state index is 0.0696. The second kappa shape index (κ2) is 7.23. The maximum absolute atomic E-state index is 12.6. The number of rotatable bonds is 4. The third-order valence-electron chi connectivity index (χ3n) is 4.44. The lowest BCUT2D eigenvalue weighted by Crippen LogP contribution is -2.15. The lowest BCUT2D eigenvalue weighted by atomic mass is 9.87. The van der Waals surface area contributed by atoms with Crippen LogP contribution in [0.5, 0.6) is 5.75 Å². The number of benzene rings is 2. The molecule has 0 fully saturated rings. The molecule has 2 aromatic carbocycles. The second-order valence-electron chi connectivity index (χ2n) is 7.41. The average Bonchev–Trinajstić information content (AvgIpc) is 3.03. The Labute approximate surface area is 159 Å². The van der Waals surface area contributed by atoms with E-state index in [1.54, 1.807) is 11.8 Å². The number of methoxy groups -OCH3 is 1. The molecular weight excluding hydrogens is 340 g/mol. The number of hydrogen-bond acceptors (Lipinski definition) is 4. The number of carbonyl (C=O) groups is 1. The molecule has 27 heavy (non-hydrogen) atoms. The predicted octanol–water partition coefficient (Wildman–Crippen LogP) is 4.13. The Morgan fingerprint density at radius 3 is 2.22 bits per heavy atom. The third kappa shape index (κ3) is 4.00. The van der Waals surface area contributed by atoms with Crippen molar-refractivity contribution in [3.05, 3.63) is 65.5 Å². The van der Waals surface area contributed by atoms with E-state index in [1.165, 1.54) is 5.56 Å². The highest BCUT2D eigenvalue weighted by Crippen LogP contribution is 2.24. The molecule has 0 unspecified atom stereocenters. The van der Waals surface area contributed by atoms with Crippen LogP contribution >= 0.6 is 0 Å². The number of aromatic nitrogens is 3. The van der Waals surface area contributed by atoms with Crippen LogP contribution in [0.1, 0.15) is 42.5 Å². The van der Waals surface area contributed by atoms with Crippen LogP contribution in [0.15, 0.2) is 48.5 Å². The topological polar surface area (TPSA) is 69.0 Å². The van der Waals surface area contributed by atoms with Gasteiger partial charge in [0, 0.05) is 5.69 Å². The maximum atomic E-state index is 12.6. The molecule has 0 aliphatic carbocycles. The van der Waals surface area contributed by atoms with Gasteiger partial charge in [-0.05, 0) is 54.3 Å². The third-order valence-corrected chi connectivity index (χ3v) is 4.44. The van der Waals surface area contributed by atoms with E-state index in [9.17, 15) is 4.79 Å². The van der Waals surface area contributed by atoms with Crippen LogP contribution in [0, 0.1) is 6.92 Å². The highest BCUT2D eigenvalue weighted by molar-refractivity contribution is 6.03. The second-order valence-corrected chi connectivity index (χ2v) is 7.41. The molecule has 1 aromatic heterocycles. The zero-order valence-corrected chi connectivity index (χ0v) is 16.3. The van der Waals surface area contributed by atoms with Crippen molar-refractivity contribution in [2.24, 2.45) is 0 Å². The summed E-state index contributed by atoms with van der Waals surface area (Å²) in [7, 11) is 1.62. The molecule has 0 bridgehead atoms. The Hall–Kier alpha value is -3.15. The summed E-state index contributed by atoms with van der Waals surface area (Å²) in [5.41, 5.74) is 3.79. The van der Waals surface area contributed by atoms with Crippen molar-refractivity contribution < 1.29 is 9.53 Å². The number of carbonyl (C=O) groups excluding carboxylic acids is 1. The number of hydrogen-bond donors (Lipinski definition) is 1. The summed E-state index contributed by atoms with van der Waals surface area (Å²) in [6.07, 6.45) is 0. The Morgan fingerprint density at radius 1 is 1.04 bits per heavy atom. The van der Waals surface area contributed by atoms with Gasteiger partial charge in [0.25, 0.3) is 5.91 Å². The summed E-state index contributed by atoms with van der Waals surface area (Å²) >= 11 is 0. The summed E-state index contributed by atoms with van der Waals surface area (Å²) < 4.78 is 6.80. The van der Waals surface area contributed by atoms with E-state index >= 15 is 0 Å². The van der Waals surface area contributed by atoms with Crippen LogP contribution in [-0.4, -0.2) is 28.0 Å². The monoisotopic (exact) mass is 364 g/mol. The van der Waals surface area contributed by atoms with Crippen LogP contribution in [0.2, 0.25) is 0 Å². The number of nitrogens with one attached hydrogen (secondary N) is 1. The highest BCUT2D eigenvalue weighted by atomic mass is 16.5. The van der Waals surface area contributed by atoms with Crippen molar-refractivity contribution in [1.82, 2.24) is 15.0 Å². The van der Waals surface area contributed by atoms with E-state index in [1.807, 2.05) is 55.5 Å². The van der Waals surface area contributed by atoms with Crippen molar-refractivity contribution >= 4 is 11.6 Å². The fourth-order valence-corrected chi connectivity index (χ4v) is 2.75. The molecule has 140 valence electrons. The highest BCUT2D eigenvalue weighted by Gasteiger charge is 2.18. The molecule has 0 saturated carbocycles. The molecule has 1 N–H and O–H groups in total. The molecule has 0 aliphatic rings. The van der Waals surface area contributed by atoms with Gasteiger partial charge >= 0.3 is 0 Å². The molecule has 0 saturated heterocycles. The van der Waals surface area contributed by atoms with E-state index in [-0.39, 0.29) is 11.3 Å². The molecule has 3 rings (SSSR count).